The van der Waals surface area contributed by atoms with Crippen LogP contribution >= 0.6 is 11.6 Å². The molecule has 38 heavy (non-hydrogen) atoms. The van der Waals surface area contributed by atoms with Gasteiger partial charge in [0.1, 0.15) is 11.5 Å². The van der Waals surface area contributed by atoms with Crippen molar-refractivity contribution in [3.63, 3.8) is 0 Å². The van der Waals surface area contributed by atoms with Crippen molar-refractivity contribution in [1.29, 1.82) is 0 Å². The van der Waals surface area contributed by atoms with Crippen molar-refractivity contribution in [3.05, 3.63) is 99.8 Å². The second kappa shape index (κ2) is 11.9. The lowest BCUT2D eigenvalue weighted by atomic mass is 9.96. The molecule has 1 aromatic heterocycles. The summed E-state index contributed by atoms with van der Waals surface area (Å²) in [7, 11) is 0. The fourth-order valence-electron chi connectivity index (χ4n) is 4.22. The monoisotopic (exact) mass is 534 g/mol. The predicted octanol–water partition coefficient (Wildman–Crippen LogP) is 5.32. The fraction of sp³-hybridized carbons (Fsp3) is 0.241. The molecule has 0 aliphatic carbocycles. The van der Waals surface area contributed by atoms with Gasteiger partial charge in [-0.15, -0.1) is 0 Å². The molecule has 8 nitrogen and oxygen atoms in total. The van der Waals surface area contributed by atoms with Crippen LogP contribution in [0.4, 0.5) is 0 Å². The van der Waals surface area contributed by atoms with Gasteiger partial charge in [0.15, 0.2) is 0 Å². The first-order valence-electron chi connectivity index (χ1n) is 12.2. The number of carbonyl (C=O) groups excluding carboxylic acids is 3. The Morgan fingerprint density at radius 2 is 1.82 bits per heavy atom. The van der Waals surface area contributed by atoms with E-state index >= 15 is 0 Å². The Hall–Kier alpha value is -4.17. The average Bonchev–Trinajstić information content (AvgIpc) is 3.18. The number of hydrogen-bond donors (Lipinski definition) is 1. The molecule has 1 atom stereocenters. The van der Waals surface area contributed by atoms with Gasteiger partial charge in [0.25, 0.3) is 11.7 Å². The Kier molecular flexibility index (Phi) is 8.43. The Morgan fingerprint density at radius 1 is 1.08 bits per heavy atom. The number of pyridine rings is 1. The van der Waals surface area contributed by atoms with E-state index in [0.29, 0.717) is 46.2 Å². The molecule has 2 aromatic carbocycles. The van der Waals surface area contributed by atoms with Gasteiger partial charge in [-0.05, 0) is 60.9 Å². The molecule has 0 saturated carbocycles. The minimum atomic E-state index is -0.885. The third-order valence-electron chi connectivity index (χ3n) is 6.02. The van der Waals surface area contributed by atoms with E-state index in [1.165, 1.54) is 11.0 Å². The number of carbonyl (C=O) groups is 3. The molecule has 1 aliphatic rings. The van der Waals surface area contributed by atoms with Gasteiger partial charge in [-0.2, -0.15) is 0 Å². The molecule has 2 heterocycles. The highest BCUT2D eigenvalue weighted by atomic mass is 35.5. The molecule has 9 heteroatoms. The first-order chi connectivity index (χ1) is 18.3. The molecule has 0 radical (unpaired) electrons. The molecular weight excluding hydrogens is 508 g/mol. The maximum atomic E-state index is 13.3. The van der Waals surface area contributed by atoms with Crippen LogP contribution in [0, 0.1) is 0 Å². The molecule has 0 spiro atoms. The van der Waals surface area contributed by atoms with Crippen molar-refractivity contribution < 1.29 is 29.0 Å². The summed E-state index contributed by atoms with van der Waals surface area (Å²) in [6.07, 6.45) is 3.85. The molecule has 4 rings (SSSR count). The molecule has 1 unspecified atom stereocenters. The number of hydrogen-bond acceptors (Lipinski definition) is 7. The Morgan fingerprint density at radius 3 is 2.47 bits per heavy atom. The van der Waals surface area contributed by atoms with Crippen LogP contribution < -0.4 is 4.74 Å². The van der Waals surface area contributed by atoms with Crippen LogP contribution in [-0.2, 0) is 20.9 Å². The second-order valence-electron chi connectivity index (χ2n) is 8.62. The molecule has 0 bridgehead atoms. The van der Waals surface area contributed by atoms with Crippen LogP contribution in [0.1, 0.15) is 53.4 Å². The maximum absolute atomic E-state index is 13.3. The first kappa shape index (κ1) is 26.9. The lowest BCUT2D eigenvalue weighted by Gasteiger charge is -2.25. The van der Waals surface area contributed by atoms with Crippen molar-refractivity contribution in [2.24, 2.45) is 0 Å². The number of Topliss-reactive ketones (excluding diaryl/α,β-unsaturated/α-hetero) is 1. The van der Waals surface area contributed by atoms with Gasteiger partial charge < -0.3 is 19.5 Å². The van der Waals surface area contributed by atoms with Crippen molar-refractivity contribution >= 4 is 35.0 Å². The number of aliphatic hydroxyl groups is 1. The standard InChI is InChI=1S/C29H27ClN2O6/c1-3-14-38-29(36)19-9-7-18(8-10-19)17-32-25(21-6-5-13-31-16-21)24(27(34)28(32)35)26(33)20-11-12-22(30)23(15-20)37-4-2/h5-13,15-16,25,33H,3-4,14,17H2,1-2H3/b26-24-. The molecule has 1 aliphatic heterocycles. The SMILES string of the molecule is CCCOC(=O)c1ccc(CN2C(=O)C(=O)/C(=C(\O)c3ccc(Cl)c(OCC)c3)C2c2cccnc2)cc1. The number of ether oxygens (including phenoxy) is 2. The second-order valence-corrected chi connectivity index (χ2v) is 9.03. The summed E-state index contributed by atoms with van der Waals surface area (Å²) in [6.45, 7) is 4.47. The highest BCUT2D eigenvalue weighted by molar-refractivity contribution is 6.46. The van der Waals surface area contributed by atoms with Crippen LogP contribution in [-0.4, -0.2) is 45.9 Å². The summed E-state index contributed by atoms with van der Waals surface area (Å²) in [5.41, 5.74) is 1.87. The van der Waals surface area contributed by atoms with Crippen LogP contribution in [0.3, 0.4) is 0 Å². The van der Waals surface area contributed by atoms with E-state index in [2.05, 4.69) is 4.98 Å². The summed E-state index contributed by atoms with van der Waals surface area (Å²) in [4.78, 5) is 44.2. The van der Waals surface area contributed by atoms with E-state index in [1.54, 1.807) is 67.8 Å². The highest BCUT2D eigenvalue weighted by Crippen LogP contribution is 2.41. The van der Waals surface area contributed by atoms with Crippen LogP contribution in [0.2, 0.25) is 5.02 Å². The minimum absolute atomic E-state index is 0.0625. The highest BCUT2D eigenvalue weighted by Gasteiger charge is 2.46. The number of ketones is 1. The molecule has 196 valence electrons. The van der Waals surface area contributed by atoms with Gasteiger partial charge in [-0.3, -0.25) is 14.6 Å². The molecule has 1 saturated heterocycles. The third-order valence-corrected chi connectivity index (χ3v) is 6.34. The largest absolute Gasteiger partial charge is 0.507 e. The van der Waals surface area contributed by atoms with E-state index in [0.717, 1.165) is 6.42 Å². The molecule has 1 fully saturated rings. The van der Waals surface area contributed by atoms with Crippen molar-refractivity contribution in [1.82, 2.24) is 9.88 Å². The van der Waals surface area contributed by atoms with Crippen LogP contribution in [0.5, 0.6) is 5.75 Å². The zero-order chi connectivity index (χ0) is 27.2. The van der Waals surface area contributed by atoms with Crippen LogP contribution in [0.15, 0.2) is 72.6 Å². The summed E-state index contributed by atoms with van der Waals surface area (Å²) >= 11 is 6.20. The first-order valence-corrected chi connectivity index (χ1v) is 12.6. The molecule has 3 aromatic rings. The molecule has 1 N–H and O–H groups in total. The summed E-state index contributed by atoms with van der Waals surface area (Å²) < 4.78 is 10.7. The van der Waals surface area contributed by atoms with Gasteiger partial charge in [0.05, 0.1) is 35.4 Å². The summed E-state index contributed by atoms with van der Waals surface area (Å²) in [6, 6.07) is 13.8. The number of aromatic nitrogens is 1. The maximum Gasteiger partial charge on any atom is 0.338 e. The topological polar surface area (TPSA) is 106 Å². The summed E-state index contributed by atoms with van der Waals surface area (Å²) in [5, 5.41) is 11.6. The number of benzene rings is 2. The van der Waals surface area contributed by atoms with Crippen LogP contribution in [0.25, 0.3) is 5.76 Å². The van der Waals surface area contributed by atoms with Gasteiger partial charge in [-0.25, -0.2) is 4.79 Å². The Labute approximate surface area is 225 Å². The number of esters is 1. The number of likely N-dealkylation sites (tertiary alicyclic amines) is 1. The number of amides is 1. The van der Waals surface area contributed by atoms with Crippen molar-refractivity contribution in [2.75, 3.05) is 13.2 Å². The van der Waals surface area contributed by atoms with E-state index in [-0.39, 0.29) is 17.9 Å². The Bertz CT molecular complexity index is 1370. The number of nitrogens with zero attached hydrogens (tertiary/aromatic N) is 2. The van der Waals surface area contributed by atoms with E-state index in [4.69, 9.17) is 21.1 Å². The van der Waals surface area contributed by atoms with E-state index in [1.807, 2.05) is 6.92 Å². The van der Waals surface area contributed by atoms with Gasteiger partial charge in [0.2, 0.25) is 0 Å². The zero-order valence-corrected chi connectivity index (χ0v) is 21.8. The van der Waals surface area contributed by atoms with E-state index < -0.39 is 23.7 Å². The van der Waals surface area contributed by atoms with Gasteiger partial charge in [0, 0.05) is 24.5 Å². The van der Waals surface area contributed by atoms with Gasteiger partial charge in [-0.1, -0.05) is 36.7 Å². The number of halogens is 1. The fourth-order valence-corrected chi connectivity index (χ4v) is 4.39. The molecule has 1 amide bonds. The quantitative estimate of drug-likeness (QED) is 0.171. The number of rotatable bonds is 9. The van der Waals surface area contributed by atoms with E-state index in [9.17, 15) is 19.5 Å². The molecular formula is C29H27ClN2O6. The average molecular weight is 535 g/mol. The zero-order valence-electron chi connectivity index (χ0n) is 21.0. The smallest absolute Gasteiger partial charge is 0.338 e. The lowest BCUT2D eigenvalue weighted by Crippen LogP contribution is -2.29. The normalized spacial score (nSPS) is 16.5. The third kappa shape index (κ3) is 5.55. The lowest BCUT2D eigenvalue weighted by molar-refractivity contribution is -0.140. The minimum Gasteiger partial charge on any atom is -0.507 e. The number of aliphatic hydroxyl groups excluding tert-OH is 1. The predicted molar refractivity (Wildman–Crippen MR) is 142 cm³/mol. The van der Waals surface area contributed by atoms with Crippen molar-refractivity contribution in [2.45, 2.75) is 32.9 Å². The van der Waals surface area contributed by atoms with Crippen molar-refractivity contribution in [3.8, 4) is 5.75 Å². The summed E-state index contributed by atoms with van der Waals surface area (Å²) in [5.74, 6) is -1.99. The Balaban J connectivity index is 1.73. The van der Waals surface area contributed by atoms with Gasteiger partial charge >= 0.3 is 5.97 Å².